The topological polar surface area (TPSA) is 101 Å². The van der Waals surface area contributed by atoms with Crippen molar-refractivity contribution in [2.24, 2.45) is 5.92 Å². The summed E-state index contributed by atoms with van der Waals surface area (Å²) < 4.78 is 6.77. The summed E-state index contributed by atoms with van der Waals surface area (Å²) in [6.45, 7) is 1.30. The van der Waals surface area contributed by atoms with E-state index in [0.717, 1.165) is 5.82 Å². The third-order valence-electron chi connectivity index (χ3n) is 5.07. The highest BCUT2D eigenvalue weighted by atomic mass is 35.5. The zero-order valence-corrected chi connectivity index (χ0v) is 16.7. The summed E-state index contributed by atoms with van der Waals surface area (Å²) >= 11 is 5.91. The number of halogens is 1. The number of carbonyl (C=O) groups excluding carboxylic acids is 1. The molecule has 1 aliphatic rings. The molecule has 152 valence electrons. The Morgan fingerprint density at radius 1 is 1.27 bits per heavy atom. The fraction of sp³-hybridized carbons (Fsp3) is 0.286. The van der Waals surface area contributed by atoms with Crippen LogP contribution in [0, 0.1) is 17.2 Å². The van der Waals surface area contributed by atoms with Crippen molar-refractivity contribution in [3.8, 4) is 6.07 Å². The first-order valence-corrected chi connectivity index (χ1v) is 9.87. The lowest BCUT2D eigenvalue weighted by atomic mass is 9.97. The van der Waals surface area contributed by atoms with E-state index in [0.29, 0.717) is 47.9 Å². The van der Waals surface area contributed by atoms with Gasteiger partial charge in [-0.05, 0) is 37.1 Å². The highest BCUT2D eigenvalue weighted by Crippen LogP contribution is 2.23. The zero-order valence-electron chi connectivity index (χ0n) is 16.0. The number of piperidine rings is 1. The van der Waals surface area contributed by atoms with Crippen molar-refractivity contribution in [1.29, 1.82) is 5.26 Å². The lowest BCUT2D eigenvalue weighted by molar-refractivity contribution is -0.150. The summed E-state index contributed by atoms with van der Waals surface area (Å²) in [7, 11) is 0. The molecule has 9 heteroatoms. The van der Waals surface area contributed by atoms with E-state index in [2.05, 4.69) is 14.9 Å². The molecular weight excluding hydrogens is 406 g/mol. The van der Waals surface area contributed by atoms with E-state index in [9.17, 15) is 9.59 Å². The van der Waals surface area contributed by atoms with Crippen LogP contribution in [0.25, 0.3) is 5.65 Å². The Hall–Kier alpha value is -3.44. The van der Waals surface area contributed by atoms with Crippen LogP contribution in [0.15, 0.2) is 47.5 Å². The number of nitriles is 1. The Kier molecular flexibility index (Phi) is 5.63. The van der Waals surface area contributed by atoms with Gasteiger partial charge in [0.15, 0.2) is 0 Å². The van der Waals surface area contributed by atoms with Gasteiger partial charge in [-0.25, -0.2) is 9.97 Å². The Labute approximate surface area is 177 Å². The number of hydrogen-bond acceptors (Lipinski definition) is 7. The first kappa shape index (κ1) is 19.9. The average Bonchev–Trinajstić information content (AvgIpc) is 2.78. The lowest BCUT2D eigenvalue weighted by Gasteiger charge is -2.31. The van der Waals surface area contributed by atoms with E-state index in [1.54, 1.807) is 24.4 Å². The molecule has 1 fully saturated rings. The van der Waals surface area contributed by atoms with Gasteiger partial charge in [0.05, 0.1) is 22.2 Å². The van der Waals surface area contributed by atoms with Crippen LogP contribution in [0.2, 0.25) is 5.02 Å². The van der Waals surface area contributed by atoms with Gasteiger partial charge >= 0.3 is 5.97 Å². The molecule has 0 atom stereocenters. The molecule has 8 nitrogen and oxygen atoms in total. The number of nitrogens with zero attached hydrogens (tertiary/aromatic N) is 5. The number of hydrogen-bond donors (Lipinski definition) is 0. The van der Waals surface area contributed by atoms with E-state index < -0.39 is 0 Å². The van der Waals surface area contributed by atoms with Crippen molar-refractivity contribution in [1.82, 2.24) is 14.4 Å². The van der Waals surface area contributed by atoms with Crippen molar-refractivity contribution < 1.29 is 9.53 Å². The number of esters is 1. The molecule has 0 aliphatic carbocycles. The summed E-state index contributed by atoms with van der Waals surface area (Å²) in [5, 5.41) is 9.30. The lowest BCUT2D eigenvalue weighted by Crippen LogP contribution is -2.37. The molecule has 0 unspecified atom stereocenters. The molecule has 0 amide bonds. The monoisotopic (exact) mass is 423 g/mol. The smallest absolute Gasteiger partial charge is 0.309 e. The van der Waals surface area contributed by atoms with Crippen LogP contribution in [0.1, 0.15) is 24.1 Å². The first-order valence-electron chi connectivity index (χ1n) is 9.49. The van der Waals surface area contributed by atoms with Crippen molar-refractivity contribution in [3.63, 3.8) is 0 Å². The zero-order chi connectivity index (χ0) is 21.1. The molecule has 0 aromatic carbocycles. The van der Waals surface area contributed by atoms with E-state index in [1.165, 1.54) is 16.7 Å². The summed E-state index contributed by atoms with van der Waals surface area (Å²) in [6, 6.07) is 10.2. The maximum atomic E-state index is 12.5. The van der Waals surface area contributed by atoms with Gasteiger partial charge in [0, 0.05) is 31.5 Å². The maximum Gasteiger partial charge on any atom is 0.309 e. The van der Waals surface area contributed by atoms with Gasteiger partial charge in [-0.15, -0.1) is 0 Å². The molecule has 0 spiro atoms. The first-order chi connectivity index (χ1) is 14.5. The van der Waals surface area contributed by atoms with Crippen LogP contribution >= 0.6 is 11.6 Å². The minimum absolute atomic E-state index is 0.0510. The molecule has 0 saturated carbocycles. The number of aromatic nitrogens is 3. The number of anilines is 1. The largest absolute Gasteiger partial charge is 0.459 e. The number of carbonyl (C=O) groups is 1. The van der Waals surface area contributed by atoms with Crippen LogP contribution in [0.4, 0.5) is 5.82 Å². The molecule has 30 heavy (non-hydrogen) atoms. The van der Waals surface area contributed by atoms with E-state index in [1.807, 2.05) is 12.1 Å². The normalized spacial score (nSPS) is 14.5. The van der Waals surface area contributed by atoms with Crippen molar-refractivity contribution in [2.75, 3.05) is 18.0 Å². The molecular formula is C21H18ClN5O3. The Bertz CT molecular complexity index is 1180. The predicted octanol–water partition coefficient (Wildman–Crippen LogP) is 2.57. The molecule has 1 aliphatic heterocycles. The molecule has 3 aromatic rings. The highest BCUT2D eigenvalue weighted by Gasteiger charge is 2.27. The van der Waals surface area contributed by atoms with Gasteiger partial charge in [0.2, 0.25) is 0 Å². The third-order valence-corrected chi connectivity index (χ3v) is 5.29. The molecule has 3 aromatic heterocycles. The van der Waals surface area contributed by atoms with Crippen molar-refractivity contribution in [2.45, 2.75) is 19.4 Å². The van der Waals surface area contributed by atoms with Crippen LogP contribution in [0.5, 0.6) is 0 Å². The average molecular weight is 424 g/mol. The molecule has 0 radical (unpaired) electrons. The second kappa shape index (κ2) is 8.51. The number of ether oxygens (including phenoxy) is 1. The van der Waals surface area contributed by atoms with Crippen LogP contribution in [-0.4, -0.2) is 33.4 Å². The van der Waals surface area contributed by atoms with Gasteiger partial charge in [-0.2, -0.15) is 5.26 Å². The minimum atomic E-state index is -0.291. The Balaban J connectivity index is 1.34. The Morgan fingerprint density at radius 3 is 2.77 bits per heavy atom. The predicted molar refractivity (Wildman–Crippen MR) is 110 cm³/mol. The number of pyridine rings is 2. The number of fused-ring (bicyclic) bond motifs is 1. The van der Waals surface area contributed by atoms with E-state index in [4.69, 9.17) is 21.6 Å². The summed E-state index contributed by atoms with van der Waals surface area (Å²) in [5.74, 6) is 0.294. The fourth-order valence-corrected chi connectivity index (χ4v) is 3.61. The summed E-state index contributed by atoms with van der Waals surface area (Å²) in [5.41, 5.74) is 1.08. The number of rotatable bonds is 4. The SMILES string of the molecule is N#Cc1ccc(N2CCC(C(=O)OCc3cc(=O)n4cc(Cl)ccc4n3)CC2)nc1. The summed E-state index contributed by atoms with van der Waals surface area (Å²) in [4.78, 5) is 35.4. The maximum absolute atomic E-state index is 12.5. The van der Waals surface area contributed by atoms with Crippen LogP contribution < -0.4 is 10.5 Å². The molecule has 0 N–H and O–H groups in total. The standard InChI is InChI=1S/C21H18ClN5O3/c22-16-2-4-19-25-17(9-20(28)27(19)12-16)13-30-21(29)15-5-7-26(8-6-15)18-3-1-14(10-23)11-24-18/h1-4,9,11-12,15H,5-8,13H2. The van der Waals surface area contributed by atoms with E-state index in [-0.39, 0.29) is 24.1 Å². The second-order valence-corrected chi connectivity index (χ2v) is 7.48. The van der Waals surface area contributed by atoms with Crippen LogP contribution in [-0.2, 0) is 16.1 Å². The van der Waals surface area contributed by atoms with E-state index >= 15 is 0 Å². The third kappa shape index (κ3) is 4.26. The molecule has 4 rings (SSSR count). The van der Waals surface area contributed by atoms with Gasteiger partial charge in [0.1, 0.15) is 24.1 Å². The van der Waals surface area contributed by atoms with Crippen molar-refractivity contribution in [3.05, 3.63) is 69.4 Å². The van der Waals surface area contributed by atoms with Crippen molar-refractivity contribution >= 4 is 29.0 Å². The van der Waals surface area contributed by atoms with Gasteiger partial charge in [-0.3, -0.25) is 14.0 Å². The summed E-state index contributed by atoms with van der Waals surface area (Å²) in [6.07, 6.45) is 4.33. The van der Waals surface area contributed by atoms with Gasteiger partial charge in [0.25, 0.3) is 5.56 Å². The highest BCUT2D eigenvalue weighted by molar-refractivity contribution is 6.30. The minimum Gasteiger partial charge on any atom is -0.459 e. The molecule has 0 bridgehead atoms. The second-order valence-electron chi connectivity index (χ2n) is 7.05. The quantitative estimate of drug-likeness (QED) is 0.594. The van der Waals surface area contributed by atoms with Gasteiger partial charge in [-0.1, -0.05) is 11.6 Å². The van der Waals surface area contributed by atoms with Crippen LogP contribution in [0.3, 0.4) is 0 Å². The van der Waals surface area contributed by atoms with Gasteiger partial charge < -0.3 is 9.64 Å². The fourth-order valence-electron chi connectivity index (χ4n) is 3.45. The molecule has 4 heterocycles. The Morgan fingerprint density at radius 2 is 2.07 bits per heavy atom. The molecule has 1 saturated heterocycles.